The van der Waals surface area contributed by atoms with E-state index >= 15 is 0 Å². The summed E-state index contributed by atoms with van der Waals surface area (Å²) in [6, 6.07) is 14.9. The maximum absolute atomic E-state index is 11.4. The van der Waals surface area contributed by atoms with Crippen molar-refractivity contribution >= 4 is 11.8 Å². The van der Waals surface area contributed by atoms with Gasteiger partial charge in [0.25, 0.3) is 0 Å². The van der Waals surface area contributed by atoms with Crippen molar-refractivity contribution in [2.75, 3.05) is 19.4 Å². The third-order valence-corrected chi connectivity index (χ3v) is 3.44. The number of para-hydroxylation sites is 1. The third kappa shape index (κ3) is 4.15. The minimum Gasteiger partial charge on any atom is -0.496 e. The Hall–Kier alpha value is -2.69. The molecule has 3 N–H and O–H groups in total. The number of carbonyl (C=O) groups is 1. The number of carboxylic acid groups (broad SMARTS) is 1. The zero-order chi connectivity index (χ0) is 15.9. The number of amides is 1. The van der Waals surface area contributed by atoms with Crippen molar-refractivity contribution in [1.29, 1.82) is 0 Å². The van der Waals surface area contributed by atoms with Gasteiger partial charge in [-0.2, -0.15) is 0 Å². The van der Waals surface area contributed by atoms with Gasteiger partial charge in [0.05, 0.1) is 7.11 Å². The van der Waals surface area contributed by atoms with Crippen LogP contribution in [0.1, 0.15) is 11.1 Å². The van der Waals surface area contributed by atoms with Crippen LogP contribution in [0.2, 0.25) is 0 Å². The lowest BCUT2D eigenvalue weighted by Gasteiger charge is -2.20. The number of nitrogens with zero attached hydrogens (tertiary/aromatic N) is 1. The van der Waals surface area contributed by atoms with Crippen LogP contribution in [-0.2, 0) is 13.0 Å². The number of benzene rings is 2. The maximum atomic E-state index is 11.4. The summed E-state index contributed by atoms with van der Waals surface area (Å²) in [6.07, 6.45) is -0.351. The van der Waals surface area contributed by atoms with Crippen LogP contribution in [0.3, 0.4) is 0 Å². The number of methoxy groups -OCH3 is 1. The molecule has 2 aromatic rings. The van der Waals surface area contributed by atoms with Crippen molar-refractivity contribution in [3.8, 4) is 5.75 Å². The second-order valence-electron chi connectivity index (χ2n) is 5.01. The highest BCUT2D eigenvalue weighted by molar-refractivity contribution is 5.65. The number of nitrogen functional groups attached to an aromatic ring is 1. The Morgan fingerprint density at radius 1 is 1.23 bits per heavy atom. The Kier molecular flexibility index (Phi) is 5.25. The van der Waals surface area contributed by atoms with Gasteiger partial charge in [0.1, 0.15) is 5.75 Å². The quantitative estimate of drug-likeness (QED) is 0.804. The van der Waals surface area contributed by atoms with Gasteiger partial charge in [-0.1, -0.05) is 30.3 Å². The SMILES string of the molecule is COc1ccccc1CCN(Cc1cccc(N)c1)C(=O)O. The fourth-order valence-electron chi connectivity index (χ4n) is 2.32. The molecule has 0 heterocycles. The van der Waals surface area contributed by atoms with Crippen LogP contribution in [0, 0.1) is 0 Å². The van der Waals surface area contributed by atoms with Crippen LogP contribution in [-0.4, -0.2) is 29.8 Å². The van der Waals surface area contributed by atoms with Gasteiger partial charge in [0.15, 0.2) is 0 Å². The fourth-order valence-corrected chi connectivity index (χ4v) is 2.32. The van der Waals surface area contributed by atoms with Gasteiger partial charge in [-0.25, -0.2) is 4.79 Å². The summed E-state index contributed by atoms with van der Waals surface area (Å²) in [6.45, 7) is 0.708. The first kappa shape index (κ1) is 15.7. The second-order valence-corrected chi connectivity index (χ2v) is 5.01. The summed E-state index contributed by atoms with van der Waals surface area (Å²) in [5.74, 6) is 0.775. The van der Waals surface area contributed by atoms with Crippen molar-refractivity contribution < 1.29 is 14.6 Å². The number of ether oxygens (including phenoxy) is 1. The molecule has 0 aromatic heterocycles. The van der Waals surface area contributed by atoms with E-state index in [9.17, 15) is 9.90 Å². The van der Waals surface area contributed by atoms with E-state index < -0.39 is 6.09 Å². The van der Waals surface area contributed by atoms with Crippen molar-refractivity contribution in [3.63, 3.8) is 0 Å². The highest BCUT2D eigenvalue weighted by atomic mass is 16.5. The summed E-state index contributed by atoms with van der Waals surface area (Å²) < 4.78 is 5.29. The van der Waals surface area contributed by atoms with Crippen molar-refractivity contribution in [2.24, 2.45) is 0 Å². The molecule has 116 valence electrons. The van der Waals surface area contributed by atoms with Crippen molar-refractivity contribution in [3.05, 3.63) is 59.7 Å². The van der Waals surface area contributed by atoms with Gasteiger partial charge in [0, 0.05) is 18.8 Å². The lowest BCUT2D eigenvalue weighted by Crippen LogP contribution is -2.31. The van der Waals surface area contributed by atoms with Crippen LogP contribution >= 0.6 is 0 Å². The van der Waals surface area contributed by atoms with E-state index in [-0.39, 0.29) is 0 Å². The minimum atomic E-state index is -0.947. The highest BCUT2D eigenvalue weighted by Crippen LogP contribution is 2.18. The van der Waals surface area contributed by atoms with E-state index in [1.807, 2.05) is 36.4 Å². The predicted molar refractivity (Wildman–Crippen MR) is 86.0 cm³/mol. The molecule has 0 fully saturated rings. The Morgan fingerprint density at radius 2 is 2.00 bits per heavy atom. The summed E-state index contributed by atoms with van der Waals surface area (Å²) >= 11 is 0. The fraction of sp³-hybridized carbons (Fsp3) is 0.235. The molecule has 0 saturated heterocycles. The molecular formula is C17H20N2O3. The smallest absolute Gasteiger partial charge is 0.407 e. The molecule has 0 unspecified atom stereocenters. The molecule has 0 spiro atoms. The Labute approximate surface area is 129 Å². The number of hydrogen-bond acceptors (Lipinski definition) is 3. The first-order valence-corrected chi connectivity index (χ1v) is 7.04. The molecule has 5 heteroatoms. The standard InChI is InChI=1S/C17H20N2O3/c1-22-16-8-3-2-6-14(16)9-10-19(17(20)21)12-13-5-4-7-15(18)11-13/h2-8,11H,9-10,12,18H2,1H3,(H,20,21). The Balaban J connectivity index is 2.05. The topological polar surface area (TPSA) is 75.8 Å². The molecule has 0 bridgehead atoms. The summed E-state index contributed by atoms with van der Waals surface area (Å²) in [5.41, 5.74) is 8.23. The number of hydrogen-bond donors (Lipinski definition) is 2. The summed E-state index contributed by atoms with van der Waals surface area (Å²) in [5, 5.41) is 9.37. The van der Waals surface area contributed by atoms with Gasteiger partial charge >= 0.3 is 6.09 Å². The van der Waals surface area contributed by atoms with E-state index in [0.29, 0.717) is 25.2 Å². The molecule has 0 radical (unpaired) electrons. The van der Waals surface area contributed by atoms with E-state index in [1.54, 1.807) is 19.2 Å². The Bertz CT molecular complexity index is 643. The normalized spacial score (nSPS) is 10.2. The molecule has 0 atom stereocenters. The molecule has 0 aliphatic rings. The molecule has 0 aliphatic heterocycles. The monoisotopic (exact) mass is 300 g/mol. The zero-order valence-electron chi connectivity index (χ0n) is 12.5. The molecule has 2 aromatic carbocycles. The number of nitrogens with two attached hydrogens (primary N) is 1. The second kappa shape index (κ2) is 7.36. The van der Waals surface area contributed by atoms with Gasteiger partial charge in [-0.3, -0.25) is 0 Å². The summed E-state index contributed by atoms with van der Waals surface area (Å²) in [7, 11) is 1.61. The number of rotatable bonds is 6. The van der Waals surface area contributed by atoms with Crippen LogP contribution < -0.4 is 10.5 Å². The largest absolute Gasteiger partial charge is 0.496 e. The lowest BCUT2D eigenvalue weighted by atomic mass is 10.1. The molecule has 2 rings (SSSR count). The van der Waals surface area contributed by atoms with Crippen LogP contribution in [0.4, 0.5) is 10.5 Å². The van der Waals surface area contributed by atoms with Gasteiger partial charge in [-0.05, 0) is 35.7 Å². The van der Waals surface area contributed by atoms with Gasteiger partial charge < -0.3 is 20.5 Å². The van der Waals surface area contributed by atoms with Crippen LogP contribution in [0.25, 0.3) is 0 Å². The highest BCUT2D eigenvalue weighted by Gasteiger charge is 2.13. The zero-order valence-corrected chi connectivity index (χ0v) is 12.5. The first-order chi connectivity index (χ1) is 10.6. The van der Waals surface area contributed by atoms with Crippen LogP contribution in [0.15, 0.2) is 48.5 Å². The van der Waals surface area contributed by atoms with Gasteiger partial charge in [0.2, 0.25) is 0 Å². The first-order valence-electron chi connectivity index (χ1n) is 7.04. The van der Waals surface area contributed by atoms with Crippen molar-refractivity contribution in [1.82, 2.24) is 4.90 Å². The molecular weight excluding hydrogens is 280 g/mol. The average Bonchev–Trinajstić information content (AvgIpc) is 2.51. The third-order valence-electron chi connectivity index (χ3n) is 3.44. The molecule has 0 saturated carbocycles. The molecule has 5 nitrogen and oxygen atoms in total. The summed E-state index contributed by atoms with van der Waals surface area (Å²) in [4.78, 5) is 12.8. The average molecular weight is 300 g/mol. The number of anilines is 1. The Morgan fingerprint density at radius 3 is 2.68 bits per heavy atom. The van der Waals surface area contributed by atoms with Crippen molar-refractivity contribution in [2.45, 2.75) is 13.0 Å². The minimum absolute atomic E-state index is 0.315. The van der Waals surface area contributed by atoms with E-state index in [2.05, 4.69) is 0 Å². The van der Waals surface area contributed by atoms with Gasteiger partial charge in [-0.15, -0.1) is 0 Å². The van der Waals surface area contributed by atoms with E-state index in [0.717, 1.165) is 16.9 Å². The maximum Gasteiger partial charge on any atom is 0.407 e. The van der Waals surface area contributed by atoms with Crippen LogP contribution in [0.5, 0.6) is 5.75 Å². The molecule has 22 heavy (non-hydrogen) atoms. The van der Waals surface area contributed by atoms with E-state index in [4.69, 9.17) is 10.5 Å². The van der Waals surface area contributed by atoms with E-state index in [1.165, 1.54) is 4.90 Å². The predicted octanol–water partition coefficient (Wildman–Crippen LogP) is 3.00. The lowest BCUT2D eigenvalue weighted by molar-refractivity contribution is 0.143. The molecule has 0 aliphatic carbocycles. The molecule has 1 amide bonds.